The molecule has 0 aliphatic rings. The van der Waals surface area contributed by atoms with Gasteiger partial charge in [-0.25, -0.2) is 4.98 Å². The zero-order valence-electron chi connectivity index (χ0n) is 10.4. The molecule has 0 amide bonds. The van der Waals surface area contributed by atoms with Gasteiger partial charge in [-0.1, -0.05) is 12.1 Å². The molecule has 0 spiro atoms. The Morgan fingerprint density at radius 2 is 2.35 bits per heavy atom. The summed E-state index contributed by atoms with van der Waals surface area (Å²) in [5.74, 6) is 1.11. The number of hydrogen-bond acceptors (Lipinski definition) is 6. The van der Waals surface area contributed by atoms with Crippen LogP contribution < -0.4 is 10.6 Å². The van der Waals surface area contributed by atoms with Crippen LogP contribution in [0.5, 0.6) is 0 Å². The molecule has 0 saturated heterocycles. The Kier molecular flexibility index (Phi) is 5.14. The van der Waals surface area contributed by atoms with E-state index in [2.05, 4.69) is 21.4 Å². The van der Waals surface area contributed by atoms with E-state index >= 15 is 0 Å². The van der Waals surface area contributed by atoms with Crippen molar-refractivity contribution in [3.05, 3.63) is 5.82 Å². The highest BCUT2D eigenvalue weighted by Gasteiger charge is 2.15. The molecule has 1 unspecified atom stereocenters. The van der Waals surface area contributed by atoms with Crippen molar-refractivity contribution in [2.24, 2.45) is 10.9 Å². The summed E-state index contributed by atoms with van der Waals surface area (Å²) in [6.07, 6.45) is 2.44. The van der Waals surface area contributed by atoms with Gasteiger partial charge >= 0.3 is 0 Å². The smallest absolute Gasteiger partial charge is 0.205 e. The van der Waals surface area contributed by atoms with E-state index < -0.39 is 0 Å². The molecule has 0 radical (unpaired) electrons. The summed E-state index contributed by atoms with van der Waals surface area (Å²) in [6, 6.07) is 0.119. The molecule has 96 valence electrons. The third kappa shape index (κ3) is 3.85. The lowest BCUT2D eigenvalue weighted by atomic mass is 10.2. The van der Waals surface area contributed by atoms with E-state index in [-0.39, 0.29) is 11.9 Å². The van der Waals surface area contributed by atoms with Crippen molar-refractivity contribution in [3.63, 3.8) is 0 Å². The van der Waals surface area contributed by atoms with Crippen LogP contribution in [-0.2, 0) is 6.42 Å². The average Bonchev–Trinajstić information content (AvgIpc) is 2.76. The van der Waals surface area contributed by atoms with Crippen LogP contribution in [-0.4, -0.2) is 33.5 Å². The fourth-order valence-corrected chi connectivity index (χ4v) is 2.16. The Hall–Kier alpha value is -1.37. The predicted molar refractivity (Wildman–Crippen MR) is 69.8 cm³/mol. The van der Waals surface area contributed by atoms with E-state index in [0.717, 1.165) is 23.8 Å². The third-order valence-corrected chi connectivity index (χ3v) is 3.37. The SMILES string of the molecule is CCCc1nsc(N(C)C(C)CC(N)=NO)n1. The van der Waals surface area contributed by atoms with Crippen LogP contribution in [0.3, 0.4) is 0 Å². The van der Waals surface area contributed by atoms with Crippen molar-refractivity contribution in [1.29, 1.82) is 0 Å². The molecule has 0 aliphatic carbocycles. The number of anilines is 1. The quantitative estimate of drug-likeness (QED) is 0.348. The van der Waals surface area contributed by atoms with Gasteiger partial charge in [0.15, 0.2) is 0 Å². The minimum Gasteiger partial charge on any atom is -0.409 e. The predicted octanol–water partition coefficient (Wildman–Crippen LogP) is 1.45. The highest BCUT2D eigenvalue weighted by atomic mass is 32.1. The van der Waals surface area contributed by atoms with Gasteiger partial charge in [0, 0.05) is 37.5 Å². The Morgan fingerprint density at radius 1 is 1.65 bits per heavy atom. The average molecular weight is 257 g/mol. The number of nitrogens with two attached hydrogens (primary N) is 1. The van der Waals surface area contributed by atoms with Crippen LogP contribution in [0, 0.1) is 0 Å². The summed E-state index contributed by atoms with van der Waals surface area (Å²) in [5, 5.41) is 12.4. The van der Waals surface area contributed by atoms with Crippen LogP contribution in [0.25, 0.3) is 0 Å². The van der Waals surface area contributed by atoms with Gasteiger partial charge in [-0.05, 0) is 13.3 Å². The van der Waals surface area contributed by atoms with E-state index in [9.17, 15) is 0 Å². The number of hydrogen-bond donors (Lipinski definition) is 2. The largest absolute Gasteiger partial charge is 0.409 e. The van der Waals surface area contributed by atoms with E-state index in [1.165, 1.54) is 11.5 Å². The first kappa shape index (κ1) is 13.7. The van der Waals surface area contributed by atoms with Crippen LogP contribution >= 0.6 is 11.5 Å². The monoisotopic (exact) mass is 257 g/mol. The van der Waals surface area contributed by atoms with Gasteiger partial charge in [0.05, 0.1) is 0 Å². The molecule has 1 heterocycles. The molecule has 0 aromatic carbocycles. The van der Waals surface area contributed by atoms with Gasteiger partial charge in [-0.2, -0.15) is 4.37 Å². The molecular weight excluding hydrogens is 238 g/mol. The molecule has 6 nitrogen and oxygen atoms in total. The molecule has 17 heavy (non-hydrogen) atoms. The first-order chi connectivity index (χ1) is 8.08. The van der Waals surface area contributed by atoms with E-state index in [0.29, 0.717) is 6.42 Å². The summed E-state index contributed by atoms with van der Waals surface area (Å²) >= 11 is 1.38. The minimum absolute atomic E-state index is 0.119. The maximum atomic E-state index is 8.53. The molecule has 0 bridgehead atoms. The maximum Gasteiger partial charge on any atom is 0.205 e. The van der Waals surface area contributed by atoms with Crippen LogP contribution in [0.2, 0.25) is 0 Å². The number of amidine groups is 1. The fraction of sp³-hybridized carbons (Fsp3) is 0.700. The van der Waals surface area contributed by atoms with Gasteiger partial charge < -0.3 is 15.8 Å². The molecule has 1 aromatic rings. The molecule has 1 aromatic heterocycles. The topological polar surface area (TPSA) is 87.6 Å². The van der Waals surface area contributed by atoms with Crippen LogP contribution in [0.4, 0.5) is 5.13 Å². The van der Waals surface area contributed by atoms with Crippen molar-refractivity contribution in [2.45, 2.75) is 39.2 Å². The van der Waals surface area contributed by atoms with Gasteiger partial charge in [0.2, 0.25) is 5.13 Å². The van der Waals surface area contributed by atoms with Crippen LogP contribution in [0.1, 0.15) is 32.5 Å². The first-order valence-corrected chi connectivity index (χ1v) is 6.37. The Morgan fingerprint density at radius 3 is 2.94 bits per heavy atom. The highest BCUT2D eigenvalue weighted by Crippen LogP contribution is 2.19. The van der Waals surface area contributed by atoms with Crippen molar-refractivity contribution < 1.29 is 5.21 Å². The van der Waals surface area contributed by atoms with E-state index in [4.69, 9.17) is 10.9 Å². The maximum absolute atomic E-state index is 8.53. The lowest BCUT2D eigenvalue weighted by molar-refractivity contribution is 0.316. The summed E-state index contributed by atoms with van der Waals surface area (Å²) in [4.78, 5) is 6.44. The third-order valence-electron chi connectivity index (χ3n) is 2.53. The van der Waals surface area contributed by atoms with Gasteiger partial charge in [-0.15, -0.1) is 0 Å². The molecular formula is C10H19N5OS. The van der Waals surface area contributed by atoms with Crippen molar-refractivity contribution in [2.75, 3.05) is 11.9 Å². The molecule has 1 atom stereocenters. The molecule has 0 aliphatic heterocycles. The number of nitrogens with zero attached hydrogens (tertiary/aromatic N) is 4. The second-order valence-corrected chi connectivity index (χ2v) is 4.73. The summed E-state index contributed by atoms with van der Waals surface area (Å²) in [5.41, 5.74) is 5.48. The Labute approximate surface area is 105 Å². The molecule has 0 fully saturated rings. The van der Waals surface area contributed by atoms with Crippen molar-refractivity contribution >= 4 is 22.5 Å². The first-order valence-electron chi connectivity index (χ1n) is 5.60. The van der Waals surface area contributed by atoms with Gasteiger partial charge in [0.1, 0.15) is 11.7 Å². The minimum atomic E-state index is 0.119. The number of rotatable bonds is 6. The Balaban J connectivity index is 2.64. The summed E-state index contributed by atoms with van der Waals surface area (Å²) in [7, 11) is 1.94. The second kappa shape index (κ2) is 6.39. The normalized spacial score (nSPS) is 13.7. The zero-order chi connectivity index (χ0) is 12.8. The van der Waals surface area contributed by atoms with Gasteiger partial charge in [-0.3, -0.25) is 0 Å². The fourth-order valence-electron chi connectivity index (χ4n) is 1.38. The number of oxime groups is 1. The molecule has 7 heteroatoms. The highest BCUT2D eigenvalue weighted by molar-refractivity contribution is 7.09. The van der Waals surface area contributed by atoms with Gasteiger partial charge in [0.25, 0.3) is 0 Å². The van der Waals surface area contributed by atoms with Crippen molar-refractivity contribution in [1.82, 2.24) is 9.36 Å². The number of aromatic nitrogens is 2. The second-order valence-electron chi connectivity index (χ2n) is 4.00. The van der Waals surface area contributed by atoms with Crippen LogP contribution in [0.15, 0.2) is 5.16 Å². The standard InChI is InChI=1S/C10H19N5OS/c1-4-5-9-12-10(17-14-9)15(3)7(2)6-8(11)13-16/h7,16H,4-6H2,1-3H3,(H2,11,13). The summed E-state index contributed by atoms with van der Waals surface area (Å²) < 4.78 is 4.29. The number of aryl methyl sites for hydroxylation is 1. The lowest BCUT2D eigenvalue weighted by Gasteiger charge is -2.23. The zero-order valence-corrected chi connectivity index (χ0v) is 11.2. The molecule has 1 rings (SSSR count). The lowest BCUT2D eigenvalue weighted by Crippen LogP contribution is -2.33. The molecule has 3 N–H and O–H groups in total. The summed E-state index contributed by atoms with van der Waals surface area (Å²) in [6.45, 7) is 4.10. The van der Waals surface area contributed by atoms with E-state index in [1.54, 1.807) is 0 Å². The Bertz CT molecular complexity index is 379. The van der Waals surface area contributed by atoms with Crippen molar-refractivity contribution in [3.8, 4) is 0 Å². The van der Waals surface area contributed by atoms with E-state index in [1.807, 2.05) is 18.9 Å². The molecule has 0 saturated carbocycles.